The Labute approximate surface area is 197 Å². The van der Waals surface area contributed by atoms with Gasteiger partial charge in [0.25, 0.3) is 0 Å². The summed E-state index contributed by atoms with van der Waals surface area (Å²) in [6.07, 6.45) is 0.802. The van der Waals surface area contributed by atoms with Crippen LogP contribution in [-0.2, 0) is 9.53 Å². The predicted octanol–water partition coefficient (Wildman–Crippen LogP) is 4.42. The molecule has 0 radical (unpaired) electrons. The summed E-state index contributed by atoms with van der Waals surface area (Å²) in [5, 5.41) is 12.2. The molecule has 0 aromatic heterocycles. The lowest BCUT2D eigenvalue weighted by atomic mass is 10.0. The van der Waals surface area contributed by atoms with Crippen LogP contribution in [0, 0.1) is 5.92 Å². The molecule has 1 unspecified atom stereocenters. The minimum atomic E-state index is -0.388. The van der Waals surface area contributed by atoms with Gasteiger partial charge in [0.15, 0.2) is 11.5 Å². The number of nitrogens with zero attached hydrogens (tertiary/aromatic N) is 2. The monoisotopic (exact) mass is 469 g/mol. The van der Waals surface area contributed by atoms with Crippen molar-refractivity contribution in [2.45, 2.75) is 20.3 Å². The van der Waals surface area contributed by atoms with E-state index in [2.05, 4.69) is 22.4 Å². The Morgan fingerprint density at radius 2 is 1.76 bits per heavy atom. The molecular weight excluding hydrogens is 442 g/mol. The zero-order chi connectivity index (χ0) is 23.6. The maximum atomic E-state index is 12.4. The summed E-state index contributed by atoms with van der Waals surface area (Å²) in [6.45, 7) is 4.42. The van der Waals surface area contributed by atoms with Gasteiger partial charge in [-0.3, -0.25) is 4.79 Å². The van der Waals surface area contributed by atoms with Crippen molar-refractivity contribution in [1.29, 1.82) is 0 Å². The third-order valence-electron chi connectivity index (χ3n) is 4.86. The van der Waals surface area contributed by atoms with Crippen LogP contribution in [0.5, 0.6) is 11.5 Å². The fraction of sp³-hybridized carbons (Fsp3) is 0.333. The van der Waals surface area contributed by atoms with Crippen molar-refractivity contribution in [3.05, 3.63) is 54.1 Å². The molecule has 0 fully saturated rings. The van der Waals surface area contributed by atoms with E-state index in [4.69, 9.17) is 14.2 Å². The number of benzene rings is 2. The molecule has 0 aliphatic carbocycles. The van der Waals surface area contributed by atoms with Crippen LogP contribution < -0.4 is 14.8 Å². The third kappa shape index (κ3) is 6.58. The van der Waals surface area contributed by atoms with Crippen molar-refractivity contribution in [2.75, 3.05) is 31.4 Å². The standard InChI is InChI=1S/C24H27N3O5S/c1-4-18-19(14-32-21-9-7-6-8-20(21)30-3)26-27-23(18)33-15-22(28)25-17-12-10-16(11-13-17)24(29)31-5-2/h6-13,18H,4-5,14-15H2,1-3H3,(H,25,28). The van der Waals surface area contributed by atoms with Gasteiger partial charge in [-0.1, -0.05) is 30.8 Å². The van der Waals surface area contributed by atoms with E-state index in [1.54, 1.807) is 38.3 Å². The average Bonchev–Trinajstić information content (AvgIpc) is 3.24. The largest absolute Gasteiger partial charge is 0.493 e. The molecule has 2 aromatic rings. The van der Waals surface area contributed by atoms with Crippen LogP contribution in [-0.4, -0.2) is 48.7 Å². The second-order valence-corrected chi connectivity index (χ2v) is 8.06. The summed E-state index contributed by atoms with van der Waals surface area (Å²) in [7, 11) is 1.60. The first kappa shape index (κ1) is 24.3. The lowest BCUT2D eigenvalue weighted by molar-refractivity contribution is -0.113. The highest BCUT2D eigenvalue weighted by Gasteiger charge is 2.27. The summed E-state index contributed by atoms with van der Waals surface area (Å²) in [5.74, 6) is 0.965. The van der Waals surface area contributed by atoms with Gasteiger partial charge in [0, 0.05) is 5.69 Å². The van der Waals surface area contributed by atoms with Gasteiger partial charge >= 0.3 is 5.97 Å². The molecular formula is C24H27N3O5S. The number of thioether (sulfide) groups is 1. The molecule has 8 nitrogen and oxygen atoms in total. The summed E-state index contributed by atoms with van der Waals surface area (Å²) in [5.41, 5.74) is 1.87. The van der Waals surface area contributed by atoms with Gasteiger partial charge in [0.2, 0.25) is 5.91 Å². The van der Waals surface area contributed by atoms with Crippen LogP contribution in [0.25, 0.3) is 0 Å². The van der Waals surface area contributed by atoms with Crippen molar-refractivity contribution in [1.82, 2.24) is 0 Å². The quantitative estimate of drug-likeness (QED) is 0.518. The number of carbonyl (C=O) groups excluding carboxylic acids is 2. The highest BCUT2D eigenvalue weighted by atomic mass is 32.2. The highest BCUT2D eigenvalue weighted by molar-refractivity contribution is 8.14. The van der Waals surface area contributed by atoms with Gasteiger partial charge in [-0.2, -0.15) is 5.10 Å². The van der Waals surface area contributed by atoms with Crippen molar-refractivity contribution in [3.8, 4) is 11.5 Å². The molecule has 1 aliphatic rings. The fourth-order valence-electron chi connectivity index (χ4n) is 3.19. The molecule has 1 atom stereocenters. The number of rotatable bonds is 10. The Balaban J connectivity index is 1.48. The van der Waals surface area contributed by atoms with E-state index in [0.717, 1.165) is 17.2 Å². The van der Waals surface area contributed by atoms with E-state index < -0.39 is 0 Å². The van der Waals surface area contributed by atoms with Gasteiger partial charge in [0.05, 0.1) is 36.7 Å². The Kier molecular flexibility index (Phi) is 8.88. The first-order valence-electron chi connectivity index (χ1n) is 10.7. The second-order valence-electron chi connectivity index (χ2n) is 7.06. The van der Waals surface area contributed by atoms with Gasteiger partial charge < -0.3 is 19.5 Å². The number of para-hydroxylation sites is 2. The summed E-state index contributed by atoms with van der Waals surface area (Å²) >= 11 is 1.36. The van der Waals surface area contributed by atoms with E-state index in [9.17, 15) is 9.59 Å². The van der Waals surface area contributed by atoms with Crippen LogP contribution in [0.3, 0.4) is 0 Å². The molecule has 33 heavy (non-hydrogen) atoms. The summed E-state index contributed by atoms with van der Waals surface area (Å²) in [6, 6.07) is 14.0. The minimum Gasteiger partial charge on any atom is -0.493 e. The van der Waals surface area contributed by atoms with Gasteiger partial charge in [-0.15, -0.1) is 5.10 Å². The molecule has 9 heteroatoms. The fourth-order valence-corrected chi connectivity index (χ4v) is 4.15. The lowest BCUT2D eigenvalue weighted by Crippen LogP contribution is -2.24. The van der Waals surface area contributed by atoms with E-state index >= 15 is 0 Å². The number of nitrogens with one attached hydrogen (secondary N) is 1. The van der Waals surface area contributed by atoms with Crippen LogP contribution in [0.15, 0.2) is 58.7 Å². The van der Waals surface area contributed by atoms with Crippen LogP contribution in [0.4, 0.5) is 5.69 Å². The number of anilines is 1. The first-order chi connectivity index (χ1) is 16.0. The Hall–Kier alpha value is -3.33. The van der Waals surface area contributed by atoms with Crippen molar-refractivity contribution in [2.24, 2.45) is 16.1 Å². The van der Waals surface area contributed by atoms with Crippen LogP contribution in [0.1, 0.15) is 30.6 Å². The molecule has 1 amide bonds. The molecule has 2 aromatic carbocycles. The number of hydrogen-bond acceptors (Lipinski definition) is 8. The van der Waals surface area contributed by atoms with E-state index in [1.807, 2.05) is 24.3 Å². The van der Waals surface area contributed by atoms with Crippen molar-refractivity contribution >= 4 is 40.1 Å². The number of methoxy groups -OCH3 is 1. The summed E-state index contributed by atoms with van der Waals surface area (Å²) < 4.78 is 16.2. The van der Waals surface area contributed by atoms with E-state index in [-0.39, 0.29) is 23.5 Å². The lowest BCUT2D eigenvalue weighted by Gasteiger charge is -2.15. The zero-order valence-electron chi connectivity index (χ0n) is 18.9. The number of ether oxygens (including phenoxy) is 3. The van der Waals surface area contributed by atoms with Gasteiger partial charge in [-0.25, -0.2) is 4.79 Å². The van der Waals surface area contributed by atoms with E-state index in [1.165, 1.54) is 11.8 Å². The topological polar surface area (TPSA) is 98.6 Å². The maximum absolute atomic E-state index is 12.4. The maximum Gasteiger partial charge on any atom is 0.338 e. The first-order valence-corrected chi connectivity index (χ1v) is 11.6. The van der Waals surface area contributed by atoms with Gasteiger partial charge in [0.1, 0.15) is 11.7 Å². The van der Waals surface area contributed by atoms with E-state index in [0.29, 0.717) is 36.0 Å². The predicted molar refractivity (Wildman–Crippen MR) is 131 cm³/mol. The summed E-state index contributed by atoms with van der Waals surface area (Å²) in [4.78, 5) is 24.1. The van der Waals surface area contributed by atoms with Gasteiger partial charge in [-0.05, 0) is 49.7 Å². The molecule has 174 valence electrons. The molecule has 1 heterocycles. The minimum absolute atomic E-state index is 0.0152. The van der Waals surface area contributed by atoms with Crippen LogP contribution in [0.2, 0.25) is 0 Å². The third-order valence-corrected chi connectivity index (χ3v) is 5.93. The number of amides is 1. The molecule has 0 saturated carbocycles. The SMILES string of the molecule is CCOC(=O)c1ccc(NC(=O)CSC2=NN=C(COc3ccccc3OC)C2CC)cc1. The molecule has 0 saturated heterocycles. The zero-order valence-corrected chi connectivity index (χ0v) is 19.7. The Morgan fingerprint density at radius 1 is 1.03 bits per heavy atom. The molecule has 1 N–H and O–H groups in total. The smallest absolute Gasteiger partial charge is 0.338 e. The Morgan fingerprint density at radius 3 is 2.42 bits per heavy atom. The second kappa shape index (κ2) is 12.1. The molecule has 0 bridgehead atoms. The molecule has 1 aliphatic heterocycles. The number of carbonyl (C=O) groups is 2. The normalized spacial score (nSPS) is 14.8. The highest BCUT2D eigenvalue weighted by Crippen LogP contribution is 2.28. The van der Waals surface area contributed by atoms with Crippen LogP contribution >= 0.6 is 11.8 Å². The molecule has 0 spiro atoms. The van der Waals surface area contributed by atoms with Crippen molar-refractivity contribution < 1.29 is 23.8 Å². The molecule has 3 rings (SSSR count). The van der Waals surface area contributed by atoms with Crippen molar-refractivity contribution in [3.63, 3.8) is 0 Å². The Bertz CT molecular complexity index is 1040. The number of hydrogen-bond donors (Lipinski definition) is 1. The number of esters is 1. The average molecular weight is 470 g/mol.